The molecule has 0 aliphatic heterocycles. The van der Waals surface area contributed by atoms with E-state index in [-0.39, 0.29) is 31.2 Å². The van der Waals surface area contributed by atoms with E-state index in [0.717, 1.165) is 5.56 Å². The molecule has 0 bridgehead atoms. The molecule has 3 aromatic rings. The van der Waals surface area contributed by atoms with Crippen molar-refractivity contribution in [3.8, 4) is 11.5 Å². The average Bonchev–Trinajstić information content (AvgIpc) is 2.93. The highest BCUT2D eigenvalue weighted by Crippen LogP contribution is 2.30. The van der Waals surface area contributed by atoms with E-state index in [1.165, 1.54) is 0 Å². The Bertz CT molecular complexity index is 1220. The fraction of sp³-hybridized carbons (Fsp3) is 0.300. The Morgan fingerprint density at radius 3 is 2.03 bits per heavy atom. The summed E-state index contributed by atoms with van der Waals surface area (Å²) >= 11 is 0. The first-order chi connectivity index (χ1) is 18.3. The summed E-state index contributed by atoms with van der Waals surface area (Å²) in [4.78, 5) is 41.1. The van der Waals surface area contributed by atoms with Gasteiger partial charge in [0.05, 0.1) is 19.9 Å². The number of carboxylic acids is 1. The van der Waals surface area contributed by atoms with Crippen LogP contribution in [0.15, 0.2) is 72.8 Å². The summed E-state index contributed by atoms with van der Waals surface area (Å²) in [6.07, 6.45) is 0.866. The number of ether oxygens (including phenoxy) is 2. The van der Waals surface area contributed by atoms with Crippen LogP contribution >= 0.6 is 0 Å². The molecular formula is C30H34N2O6. The number of para-hydroxylation sites is 2. The van der Waals surface area contributed by atoms with Crippen molar-refractivity contribution >= 4 is 29.2 Å². The Labute approximate surface area is 223 Å². The molecule has 0 unspecified atom stereocenters. The number of rotatable bonds is 13. The van der Waals surface area contributed by atoms with E-state index in [4.69, 9.17) is 14.6 Å². The topological polar surface area (TPSA) is 96.4 Å². The Hall–Kier alpha value is -4.33. The van der Waals surface area contributed by atoms with Gasteiger partial charge in [0.1, 0.15) is 11.5 Å². The maximum atomic E-state index is 13.5. The van der Waals surface area contributed by atoms with Gasteiger partial charge in [0.25, 0.3) is 5.91 Å². The maximum absolute atomic E-state index is 13.5. The number of hydrogen-bond donors (Lipinski definition) is 1. The number of hydrogen-bond acceptors (Lipinski definition) is 5. The first kappa shape index (κ1) is 28.2. The molecule has 0 spiro atoms. The van der Waals surface area contributed by atoms with Crippen molar-refractivity contribution in [1.82, 2.24) is 0 Å². The summed E-state index contributed by atoms with van der Waals surface area (Å²) in [5.41, 5.74) is 2.89. The smallest absolute Gasteiger partial charge is 0.303 e. The summed E-state index contributed by atoms with van der Waals surface area (Å²) < 4.78 is 10.7. The fourth-order valence-corrected chi connectivity index (χ4v) is 4.11. The molecule has 200 valence electrons. The third-order valence-electron chi connectivity index (χ3n) is 6.15. The average molecular weight is 519 g/mol. The van der Waals surface area contributed by atoms with Crippen molar-refractivity contribution in [3.63, 3.8) is 0 Å². The predicted octanol–water partition coefficient (Wildman–Crippen LogP) is 5.34. The number of aliphatic carboxylic acids is 1. The van der Waals surface area contributed by atoms with E-state index >= 15 is 0 Å². The molecule has 0 heterocycles. The molecule has 0 fully saturated rings. The highest BCUT2D eigenvalue weighted by Gasteiger charge is 2.22. The van der Waals surface area contributed by atoms with E-state index in [2.05, 4.69) is 0 Å². The van der Waals surface area contributed by atoms with Crippen molar-refractivity contribution in [3.05, 3.63) is 83.9 Å². The number of methoxy groups -OCH3 is 2. The van der Waals surface area contributed by atoms with Gasteiger partial charge in [0, 0.05) is 37.2 Å². The summed E-state index contributed by atoms with van der Waals surface area (Å²) in [7, 11) is 3.12. The number of nitrogens with zero attached hydrogens (tertiary/aromatic N) is 2. The molecule has 0 aliphatic carbocycles. The number of carbonyl (C=O) groups is 3. The third-order valence-corrected chi connectivity index (χ3v) is 6.15. The van der Waals surface area contributed by atoms with Crippen LogP contribution in [0, 0.1) is 6.92 Å². The Kier molecular flexibility index (Phi) is 10.3. The van der Waals surface area contributed by atoms with Crippen LogP contribution in [0.1, 0.15) is 41.6 Å². The Balaban J connectivity index is 1.78. The van der Waals surface area contributed by atoms with Crippen LogP contribution in [-0.2, 0) is 9.59 Å². The van der Waals surface area contributed by atoms with Gasteiger partial charge in [-0.15, -0.1) is 0 Å². The zero-order valence-corrected chi connectivity index (χ0v) is 22.1. The minimum absolute atomic E-state index is 0.0352. The van der Waals surface area contributed by atoms with Crippen molar-refractivity contribution in [2.75, 3.05) is 37.1 Å². The lowest BCUT2D eigenvalue weighted by Gasteiger charge is -2.26. The molecule has 0 aliphatic rings. The SMILES string of the molecule is COc1ccc(N(CCCC(=O)O)C(=O)CCCN(C(=O)c2ccc(C)cc2)c2ccccc2OC)cc1. The number of benzene rings is 3. The second kappa shape index (κ2) is 13.8. The van der Waals surface area contributed by atoms with Gasteiger partial charge in [-0.25, -0.2) is 0 Å². The minimum atomic E-state index is -0.908. The van der Waals surface area contributed by atoms with Gasteiger partial charge in [0.2, 0.25) is 5.91 Å². The molecule has 0 saturated heterocycles. The van der Waals surface area contributed by atoms with Crippen molar-refractivity contribution in [1.29, 1.82) is 0 Å². The van der Waals surface area contributed by atoms with Gasteiger partial charge >= 0.3 is 5.97 Å². The lowest BCUT2D eigenvalue weighted by Crippen LogP contribution is -2.35. The minimum Gasteiger partial charge on any atom is -0.497 e. The maximum Gasteiger partial charge on any atom is 0.303 e. The van der Waals surface area contributed by atoms with E-state index < -0.39 is 5.97 Å². The molecule has 3 aromatic carbocycles. The third kappa shape index (κ3) is 7.59. The fourth-order valence-electron chi connectivity index (χ4n) is 4.11. The van der Waals surface area contributed by atoms with Gasteiger partial charge in [-0.1, -0.05) is 29.8 Å². The summed E-state index contributed by atoms with van der Waals surface area (Å²) in [5.74, 6) is -0.0190. The molecule has 0 radical (unpaired) electrons. The second-order valence-electron chi connectivity index (χ2n) is 8.84. The van der Waals surface area contributed by atoms with Gasteiger partial charge < -0.3 is 24.4 Å². The largest absolute Gasteiger partial charge is 0.497 e. The van der Waals surface area contributed by atoms with E-state index in [9.17, 15) is 14.4 Å². The van der Waals surface area contributed by atoms with Gasteiger partial charge in [-0.2, -0.15) is 0 Å². The van der Waals surface area contributed by atoms with Crippen molar-refractivity contribution in [2.24, 2.45) is 0 Å². The molecule has 0 aromatic heterocycles. The predicted molar refractivity (Wildman–Crippen MR) is 147 cm³/mol. The first-order valence-electron chi connectivity index (χ1n) is 12.5. The van der Waals surface area contributed by atoms with Gasteiger partial charge in [-0.05, 0) is 68.3 Å². The lowest BCUT2D eigenvalue weighted by atomic mass is 10.1. The monoisotopic (exact) mass is 518 g/mol. The Morgan fingerprint density at radius 1 is 0.763 bits per heavy atom. The first-order valence-corrected chi connectivity index (χ1v) is 12.5. The molecule has 2 amide bonds. The summed E-state index contributed by atoms with van der Waals surface area (Å²) in [5, 5.41) is 9.05. The molecule has 0 atom stereocenters. The number of anilines is 2. The van der Waals surface area contributed by atoms with E-state index in [1.54, 1.807) is 66.5 Å². The highest BCUT2D eigenvalue weighted by atomic mass is 16.5. The van der Waals surface area contributed by atoms with Gasteiger partial charge in [0.15, 0.2) is 0 Å². The zero-order chi connectivity index (χ0) is 27.5. The molecule has 8 heteroatoms. The molecule has 0 saturated carbocycles. The number of amides is 2. The second-order valence-corrected chi connectivity index (χ2v) is 8.84. The number of carbonyl (C=O) groups excluding carboxylic acids is 2. The van der Waals surface area contributed by atoms with E-state index in [0.29, 0.717) is 47.8 Å². The zero-order valence-electron chi connectivity index (χ0n) is 22.1. The summed E-state index contributed by atoms with van der Waals surface area (Å²) in [6.45, 7) is 2.53. The molecule has 8 nitrogen and oxygen atoms in total. The van der Waals surface area contributed by atoms with Crippen molar-refractivity contribution in [2.45, 2.75) is 32.6 Å². The number of aryl methyl sites for hydroxylation is 1. The van der Waals surface area contributed by atoms with Crippen LogP contribution in [0.25, 0.3) is 0 Å². The van der Waals surface area contributed by atoms with Crippen LogP contribution in [0.2, 0.25) is 0 Å². The molecule has 38 heavy (non-hydrogen) atoms. The highest BCUT2D eigenvalue weighted by molar-refractivity contribution is 6.07. The Morgan fingerprint density at radius 2 is 1.39 bits per heavy atom. The van der Waals surface area contributed by atoms with Crippen LogP contribution in [0.3, 0.4) is 0 Å². The number of carboxylic acid groups (broad SMARTS) is 1. The molecular weight excluding hydrogens is 484 g/mol. The standard InChI is InChI=1S/C30H34N2O6/c1-22-12-14-23(15-13-22)30(36)32(26-8-4-5-9-27(26)38-3)21-6-10-28(33)31(20-7-11-29(34)35)24-16-18-25(37-2)19-17-24/h4-5,8-9,12-19H,6-7,10-11,20-21H2,1-3H3,(H,34,35). The van der Waals surface area contributed by atoms with Crippen LogP contribution in [-0.4, -0.2) is 50.2 Å². The molecule has 1 N–H and O–H groups in total. The lowest BCUT2D eigenvalue weighted by molar-refractivity contribution is -0.137. The van der Waals surface area contributed by atoms with Crippen LogP contribution in [0.5, 0.6) is 11.5 Å². The normalized spacial score (nSPS) is 10.5. The summed E-state index contributed by atoms with van der Waals surface area (Å²) in [6, 6.07) is 21.7. The quantitative estimate of drug-likeness (QED) is 0.328. The van der Waals surface area contributed by atoms with Crippen molar-refractivity contribution < 1.29 is 29.0 Å². The van der Waals surface area contributed by atoms with Crippen LogP contribution < -0.4 is 19.3 Å². The van der Waals surface area contributed by atoms with E-state index in [1.807, 2.05) is 37.3 Å². The van der Waals surface area contributed by atoms with Crippen LogP contribution in [0.4, 0.5) is 11.4 Å². The van der Waals surface area contributed by atoms with Gasteiger partial charge in [-0.3, -0.25) is 14.4 Å². The molecule has 3 rings (SSSR count).